The fourth-order valence-electron chi connectivity index (χ4n) is 2.84. The lowest BCUT2D eigenvalue weighted by Gasteiger charge is -2.36. The molecule has 0 radical (unpaired) electrons. The third kappa shape index (κ3) is 1.58. The van der Waals surface area contributed by atoms with Crippen molar-refractivity contribution >= 4 is 0 Å². The third-order valence-electron chi connectivity index (χ3n) is 3.54. The van der Waals surface area contributed by atoms with Gasteiger partial charge in [-0.25, -0.2) is 0 Å². The van der Waals surface area contributed by atoms with E-state index in [1.165, 1.54) is 38.5 Å². The van der Waals surface area contributed by atoms with Gasteiger partial charge >= 0.3 is 0 Å². The molecule has 0 bridgehead atoms. The summed E-state index contributed by atoms with van der Waals surface area (Å²) in [6.45, 7) is 2.38. The molecule has 0 aromatic heterocycles. The molecule has 2 fully saturated rings. The van der Waals surface area contributed by atoms with E-state index in [2.05, 4.69) is 12.2 Å². The van der Waals surface area contributed by atoms with Gasteiger partial charge in [-0.3, -0.25) is 0 Å². The van der Waals surface area contributed by atoms with Crippen LogP contribution < -0.4 is 5.32 Å². The van der Waals surface area contributed by atoms with Crippen LogP contribution in [0.3, 0.4) is 0 Å². The van der Waals surface area contributed by atoms with Crippen molar-refractivity contribution in [1.29, 1.82) is 0 Å². The number of piperidine rings is 1. The summed E-state index contributed by atoms with van der Waals surface area (Å²) in [5, 5.41) is 2.63. The molecule has 2 N–H and O–H groups in total. The summed E-state index contributed by atoms with van der Waals surface area (Å²) in [6.07, 6.45) is 8.99. The average molecular weight is 154 g/mol. The Bertz CT molecular complexity index is 133. The zero-order valence-electron chi connectivity index (χ0n) is 7.55. The number of rotatable bonds is 0. The van der Waals surface area contributed by atoms with E-state index < -0.39 is 0 Å². The van der Waals surface area contributed by atoms with Crippen LogP contribution in [0.4, 0.5) is 0 Å². The molecule has 1 aliphatic carbocycles. The van der Waals surface area contributed by atoms with E-state index in [9.17, 15) is 0 Å². The van der Waals surface area contributed by atoms with E-state index >= 15 is 0 Å². The Kier molecular flexibility index (Phi) is 2.17. The van der Waals surface area contributed by atoms with Crippen LogP contribution in [0.2, 0.25) is 0 Å². The summed E-state index contributed by atoms with van der Waals surface area (Å²) in [6, 6.07) is 1.92. The van der Waals surface area contributed by atoms with Crippen molar-refractivity contribution in [2.45, 2.75) is 57.5 Å². The van der Waals surface area contributed by atoms with Gasteiger partial charge in [-0.15, -0.1) is 0 Å². The molecule has 2 aliphatic rings. The molecule has 1 nitrogen and oxygen atoms in total. The highest BCUT2D eigenvalue weighted by molar-refractivity contribution is 4.77. The molecule has 2 rings (SSSR count). The van der Waals surface area contributed by atoms with Gasteiger partial charge in [0, 0.05) is 5.92 Å². The molecule has 11 heavy (non-hydrogen) atoms. The maximum Gasteiger partial charge on any atom is 0.0889 e. The first-order valence-corrected chi connectivity index (χ1v) is 5.21. The molecule has 0 spiro atoms. The summed E-state index contributed by atoms with van der Waals surface area (Å²) >= 11 is 0. The first kappa shape index (κ1) is 7.60. The van der Waals surface area contributed by atoms with Crippen LogP contribution in [-0.2, 0) is 0 Å². The molecule has 1 heteroatoms. The van der Waals surface area contributed by atoms with Crippen LogP contribution in [0.15, 0.2) is 0 Å². The van der Waals surface area contributed by atoms with Crippen LogP contribution in [-0.4, -0.2) is 12.1 Å². The van der Waals surface area contributed by atoms with E-state index in [1.54, 1.807) is 0 Å². The minimum atomic E-state index is 0.911. The van der Waals surface area contributed by atoms with Crippen molar-refractivity contribution in [1.82, 2.24) is 0 Å². The summed E-state index contributed by atoms with van der Waals surface area (Å²) in [5.74, 6) is 1.08. The van der Waals surface area contributed by atoms with Gasteiger partial charge in [0.1, 0.15) is 0 Å². The van der Waals surface area contributed by atoms with Gasteiger partial charge in [0.05, 0.1) is 12.1 Å². The number of fused-ring (bicyclic) bond motifs is 1. The van der Waals surface area contributed by atoms with Crippen molar-refractivity contribution in [2.24, 2.45) is 5.92 Å². The van der Waals surface area contributed by atoms with Gasteiger partial charge in [-0.05, 0) is 39.0 Å². The molecule has 64 valence electrons. The molecular weight excluding hydrogens is 134 g/mol. The van der Waals surface area contributed by atoms with Crippen molar-refractivity contribution in [3.05, 3.63) is 0 Å². The number of hydrogen-bond acceptors (Lipinski definition) is 0. The summed E-state index contributed by atoms with van der Waals surface area (Å²) < 4.78 is 0. The van der Waals surface area contributed by atoms with E-state index in [0.717, 1.165) is 18.0 Å². The minimum Gasteiger partial charge on any atom is -0.341 e. The second kappa shape index (κ2) is 3.14. The van der Waals surface area contributed by atoms with Crippen LogP contribution in [0.25, 0.3) is 0 Å². The Morgan fingerprint density at radius 1 is 1.00 bits per heavy atom. The molecule has 0 aromatic rings. The molecule has 3 atom stereocenters. The standard InChI is InChI=1S/C10H19N/c1-8-6-7-9-4-2-3-5-10(9)11-8/h8-11H,2-7H2,1H3/p+1/t8-,9-,10+/m1/s1. The summed E-state index contributed by atoms with van der Waals surface area (Å²) in [7, 11) is 0. The molecular formula is C10H20N+. The van der Waals surface area contributed by atoms with Crippen LogP contribution >= 0.6 is 0 Å². The zero-order valence-corrected chi connectivity index (χ0v) is 7.55. The van der Waals surface area contributed by atoms with Crippen molar-refractivity contribution in [2.75, 3.05) is 0 Å². The van der Waals surface area contributed by atoms with Gasteiger partial charge in [-0.2, -0.15) is 0 Å². The van der Waals surface area contributed by atoms with Crippen molar-refractivity contribution < 1.29 is 5.32 Å². The Hall–Kier alpha value is -0.0400. The maximum absolute atomic E-state index is 2.63. The van der Waals surface area contributed by atoms with E-state index in [0.29, 0.717) is 0 Å². The monoisotopic (exact) mass is 154 g/mol. The highest BCUT2D eigenvalue weighted by atomic mass is 15.0. The summed E-state index contributed by atoms with van der Waals surface area (Å²) in [5.41, 5.74) is 0. The van der Waals surface area contributed by atoms with Crippen LogP contribution in [0.5, 0.6) is 0 Å². The Balaban J connectivity index is 1.93. The Morgan fingerprint density at radius 3 is 2.73 bits per heavy atom. The summed E-state index contributed by atoms with van der Waals surface area (Å²) in [4.78, 5) is 0. The normalized spacial score (nSPS) is 45.0. The predicted molar refractivity (Wildman–Crippen MR) is 46.4 cm³/mol. The molecule has 1 aliphatic heterocycles. The van der Waals surface area contributed by atoms with Gasteiger partial charge in [0.15, 0.2) is 0 Å². The number of hydrogen-bond donors (Lipinski definition) is 1. The third-order valence-corrected chi connectivity index (χ3v) is 3.54. The minimum absolute atomic E-state index is 0.911. The molecule has 1 heterocycles. The fraction of sp³-hybridized carbons (Fsp3) is 1.00. The van der Waals surface area contributed by atoms with Crippen LogP contribution in [0.1, 0.15) is 45.4 Å². The quantitative estimate of drug-likeness (QED) is 0.541. The second-order valence-corrected chi connectivity index (χ2v) is 4.46. The van der Waals surface area contributed by atoms with E-state index in [1.807, 2.05) is 0 Å². The smallest absolute Gasteiger partial charge is 0.0889 e. The molecule has 1 saturated heterocycles. The molecule has 0 unspecified atom stereocenters. The highest BCUT2D eigenvalue weighted by Crippen LogP contribution is 2.28. The SMILES string of the molecule is C[C@@H]1CC[C@H]2CCCC[C@@H]2[NH2+]1. The fourth-order valence-corrected chi connectivity index (χ4v) is 2.84. The van der Waals surface area contributed by atoms with Gasteiger partial charge in [-0.1, -0.05) is 6.42 Å². The van der Waals surface area contributed by atoms with Gasteiger partial charge in [0.25, 0.3) is 0 Å². The predicted octanol–water partition coefficient (Wildman–Crippen LogP) is 1.29. The zero-order chi connectivity index (χ0) is 7.68. The lowest BCUT2D eigenvalue weighted by molar-refractivity contribution is -0.735. The van der Waals surface area contributed by atoms with Gasteiger partial charge < -0.3 is 5.32 Å². The number of quaternary nitrogens is 1. The lowest BCUT2D eigenvalue weighted by atomic mass is 9.78. The molecule has 1 saturated carbocycles. The topological polar surface area (TPSA) is 16.6 Å². The van der Waals surface area contributed by atoms with Crippen molar-refractivity contribution in [3.8, 4) is 0 Å². The van der Waals surface area contributed by atoms with E-state index in [-0.39, 0.29) is 0 Å². The highest BCUT2D eigenvalue weighted by Gasteiger charge is 2.32. The first-order valence-electron chi connectivity index (χ1n) is 5.21. The maximum atomic E-state index is 2.63. The largest absolute Gasteiger partial charge is 0.341 e. The first-order chi connectivity index (χ1) is 5.36. The Labute approximate surface area is 69.6 Å². The number of nitrogens with two attached hydrogens (primary N) is 1. The lowest BCUT2D eigenvalue weighted by Crippen LogP contribution is -2.97. The molecule has 0 aromatic carbocycles. The second-order valence-electron chi connectivity index (χ2n) is 4.46. The molecule has 0 amide bonds. The van der Waals surface area contributed by atoms with Crippen LogP contribution in [0, 0.1) is 5.92 Å². The average Bonchev–Trinajstić information content (AvgIpc) is 2.04. The Morgan fingerprint density at radius 2 is 1.82 bits per heavy atom. The van der Waals surface area contributed by atoms with E-state index in [4.69, 9.17) is 0 Å². The van der Waals surface area contributed by atoms with Gasteiger partial charge in [0.2, 0.25) is 0 Å². The van der Waals surface area contributed by atoms with Crippen molar-refractivity contribution in [3.63, 3.8) is 0 Å².